The van der Waals surface area contributed by atoms with Crippen molar-refractivity contribution in [2.75, 3.05) is 7.05 Å². The van der Waals surface area contributed by atoms with Gasteiger partial charge >= 0.3 is 5.97 Å². The Kier molecular flexibility index (Phi) is 10.6. The molecule has 0 saturated heterocycles. The van der Waals surface area contributed by atoms with Gasteiger partial charge in [0.05, 0.1) is 11.3 Å². The van der Waals surface area contributed by atoms with Gasteiger partial charge in [-0.25, -0.2) is 4.79 Å². The molecule has 0 saturated carbocycles. The van der Waals surface area contributed by atoms with Crippen LogP contribution >= 0.6 is 24.0 Å². The fourth-order valence-corrected chi connectivity index (χ4v) is 3.70. The monoisotopic (exact) mass is 575 g/mol. The summed E-state index contributed by atoms with van der Waals surface area (Å²) in [5.74, 6) is 0.373. The predicted octanol–water partition coefficient (Wildman–Crippen LogP) is 4.31. The van der Waals surface area contributed by atoms with Crippen LogP contribution in [0.1, 0.15) is 45.4 Å². The highest BCUT2D eigenvalue weighted by atomic mass is 127. The molecule has 0 radical (unpaired) electrons. The zero-order chi connectivity index (χ0) is 23.8. The number of carbonyl (C=O) groups is 1. The first kappa shape index (κ1) is 27.4. The number of nitrogens with one attached hydrogen (secondary N) is 2. The third-order valence-corrected chi connectivity index (χ3v) is 5.61. The summed E-state index contributed by atoms with van der Waals surface area (Å²) in [6.07, 6.45) is 0.856. The topological polar surface area (TPSA) is 80.5 Å². The number of aromatic nitrogens is 2. The van der Waals surface area contributed by atoms with Crippen molar-refractivity contribution in [1.29, 1.82) is 0 Å². The van der Waals surface area contributed by atoms with Gasteiger partial charge in [-0.15, -0.1) is 24.0 Å². The molecule has 3 aromatic rings. The predicted molar refractivity (Wildman–Crippen MR) is 147 cm³/mol. The molecule has 2 aromatic carbocycles. The number of nitrogens with zero attached hydrogens (tertiary/aromatic N) is 3. The number of hydrogen-bond acceptors (Lipinski definition) is 4. The van der Waals surface area contributed by atoms with Gasteiger partial charge in [0.15, 0.2) is 5.96 Å². The van der Waals surface area contributed by atoms with Crippen LogP contribution in [0.4, 0.5) is 0 Å². The minimum Gasteiger partial charge on any atom is -0.457 e. The first-order valence-electron chi connectivity index (χ1n) is 11.1. The number of benzene rings is 2. The first-order chi connectivity index (χ1) is 15.9. The smallest absolute Gasteiger partial charge is 0.338 e. The Morgan fingerprint density at radius 3 is 2.47 bits per heavy atom. The minimum absolute atomic E-state index is 0. The van der Waals surface area contributed by atoms with E-state index in [2.05, 4.69) is 34.6 Å². The summed E-state index contributed by atoms with van der Waals surface area (Å²) in [6.45, 7) is 7.05. The van der Waals surface area contributed by atoms with Crippen molar-refractivity contribution in [1.82, 2.24) is 20.4 Å². The second kappa shape index (κ2) is 13.1. The zero-order valence-electron chi connectivity index (χ0n) is 20.5. The molecular weight excluding hydrogens is 541 g/mol. The summed E-state index contributed by atoms with van der Waals surface area (Å²) < 4.78 is 7.36. The van der Waals surface area contributed by atoms with Gasteiger partial charge in [0.1, 0.15) is 6.61 Å². The van der Waals surface area contributed by atoms with E-state index in [9.17, 15) is 4.79 Å². The summed E-state index contributed by atoms with van der Waals surface area (Å²) in [4.78, 5) is 16.8. The van der Waals surface area contributed by atoms with Crippen LogP contribution in [0.5, 0.6) is 0 Å². The van der Waals surface area contributed by atoms with E-state index in [-0.39, 0.29) is 42.6 Å². The van der Waals surface area contributed by atoms with Gasteiger partial charge in [-0.3, -0.25) is 9.67 Å². The Morgan fingerprint density at radius 2 is 1.82 bits per heavy atom. The van der Waals surface area contributed by atoms with Crippen molar-refractivity contribution in [3.8, 4) is 0 Å². The van der Waals surface area contributed by atoms with Gasteiger partial charge in [-0.1, -0.05) is 42.5 Å². The van der Waals surface area contributed by atoms with E-state index in [1.807, 2.05) is 67.2 Å². The van der Waals surface area contributed by atoms with Crippen LogP contribution in [0.3, 0.4) is 0 Å². The van der Waals surface area contributed by atoms with Crippen LogP contribution in [0.2, 0.25) is 0 Å². The van der Waals surface area contributed by atoms with E-state index in [1.54, 1.807) is 13.1 Å². The molecule has 0 fully saturated rings. The molecule has 1 aromatic heterocycles. The standard InChI is InChI=1S/C26H33N5O2.HI/c1-18(14-24-19(2)30-31(5)20(24)3)29-26(27-4)28-16-22-12-9-13-23(15-22)25(32)33-17-21-10-7-6-8-11-21;/h6-13,15,18H,14,16-17H2,1-5H3,(H2,27,28,29);1H. The summed E-state index contributed by atoms with van der Waals surface area (Å²) in [5.41, 5.74) is 5.96. The van der Waals surface area contributed by atoms with Crippen molar-refractivity contribution in [2.45, 2.75) is 46.4 Å². The lowest BCUT2D eigenvalue weighted by atomic mass is 10.1. The van der Waals surface area contributed by atoms with Crippen molar-refractivity contribution < 1.29 is 9.53 Å². The van der Waals surface area contributed by atoms with E-state index < -0.39 is 0 Å². The molecule has 1 atom stereocenters. The van der Waals surface area contributed by atoms with Gasteiger partial charge in [0.25, 0.3) is 0 Å². The number of aliphatic imine (C=N–C) groups is 1. The van der Waals surface area contributed by atoms with Crippen molar-refractivity contribution in [3.63, 3.8) is 0 Å². The minimum atomic E-state index is -0.334. The SMILES string of the molecule is CN=C(NCc1cccc(C(=O)OCc2ccccc2)c1)NC(C)Cc1c(C)nn(C)c1C.I. The molecule has 0 bridgehead atoms. The summed E-state index contributed by atoms with van der Waals surface area (Å²) in [6, 6.07) is 17.3. The molecule has 0 aliphatic carbocycles. The number of guanidine groups is 1. The molecule has 8 heteroatoms. The summed E-state index contributed by atoms with van der Waals surface area (Å²) in [5, 5.41) is 11.3. The van der Waals surface area contributed by atoms with Crippen LogP contribution in [0.15, 0.2) is 59.6 Å². The van der Waals surface area contributed by atoms with E-state index in [1.165, 1.54) is 11.3 Å². The number of halogens is 1. The van der Waals surface area contributed by atoms with Crippen LogP contribution in [0, 0.1) is 13.8 Å². The summed E-state index contributed by atoms with van der Waals surface area (Å²) >= 11 is 0. The first-order valence-corrected chi connectivity index (χ1v) is 11.1. The highest BCUT2D eigenvalue weighted by Gasteiger charge is 2.14. The number of ether oxygens (including phenoxy) is 1. The Morgan fingerprint density at radius 1 is 1.12 bits per heavy atom. The Bertz CT molecular complexity index is 1110. The molecule has 2 N–H and O–H groups in total. The van der Waals surface area contributed by atoms with Crippen molar-refractivity contribution in [2.24, 2.45) is 12.0 Å². The molecule has 7 nitrogen and oxygen atoms in total. The largest absolute Gasteiger partial charge is 0.457 e. The zero-order valence-corrected chi connectivity index (χ0v) is 22.8. The Labute approximate surface area is 219 Å². The van der Waals surface area contributed by atoms with E-state index in [4.69, 9.17) is 4.74 Å². The molecule has 0 aliphatic rings. The molecule has 3 rings (SSSR count). The normalized spacial score (nSPS) is 12.0. The van der Waals surface area contributed by atoms with E-state index in [0.29, 0.717) is 18.1 Å². The second-order valence-corrected chi connectivity index (χ2v) is 8.21. The molecule has 1 heterocycles. The van der Waals surface area contributed by atoms with Gasteiger partial charge in [-0.2, -0.15) is 5.10 Å². The second-order valence-electron chi connectivity index (χ2n) is 8.21. The highest BCUT2D eigenvalue weighted by molar-refractivity contribution is 14.0. The fraction of sp³-hybridized carbons (Fsp3) is 0.346. The van der Waals surface area contributed by atoms with Gasteiger partial charge in [-0.05, 0) is 56.0 Å². The molecule has 0 amide bonds. The number of esters is 1. The van der Waals surface area contributed by atoms with Crippen LogP contribution < -0.4 is 10.6 Å². The fourth-order valence-electron chi connectivity index (χ4n) is 3.70. The maximum absolute atomic E-state index is 12.5. The maximum atomic E-state index is 12.5. The third-order valence-electron chi connectivity index (χ3n) is 5.61. The van der Waals surface area contributed by atoms with Crippen LogP contribution in [0.25, 0.3) is 0 Å². The van der Waals surface area contributed by atoms with Crippen molar-refractivity contribution in [3.05, 3.63) is 88.2 Å². The number of carbonyl (C=O) groups excluding carboxylic acids is 1. The lowest BCUT2D eigenvalue weighted by Crippen LogP contribution is -2.42. The lowest BCUT2D eigenvalue weighted by Gasteiger charge is -2.18. The van der Waals surface area contributed by atoms with E-state index in [0.717, 1.165) is 23.2 Å². The average Bonchev–Trinajstić information content (AvgIpc) is 3.06. The highest BCUT2D eigenvalue weighted by Crippen LogP contribution is 2.14. The van der Waals surface area contributed by atoms with Gasteiger partial charge < -0.3 is 15.4 Å². The van der Waals surface area contributed by atoms with Crippen LogP contribution in [-0.4, -0.2) is 34.8 Å². The number of rotatable bonds is 8. The average molecular weight is 575 g/mol. The Balaban J connectivity index is 0.00000408. The Hall–Kier alpha value is -2.88. The lowest BCUT2D eigenvalue weighted by molar-refractivity contribution is 0.0472. The molecule has 0 spiro atoms. The van der Waals surface area contributed by atoms with Gasteiger partial charge in [0.2, 0.25) is 0 Å². The molecule has 34 heavy (non-hydrogen) atoms. The molecular formula is C26H34IN5O2. The number of aryl methyl sites for hydroxylation is 2. The summed E-state index contributed by atoms with van der Waals surface area (Å²) in [7, 11) is 3.72. The number of hydrogen-bond donors (Lipinski definition) is 2. The molecule has 1 unspecified atom stereocenters. The third kappa shape index (κ3) is 7.58. The van der Waals surface area contributed by atoms with Crippen LogP contribution in [-0.2, 0) is 31.4 Å². The van der Waals surface area contributed by atoms with Gasteiger partial charge in [0, 0.05) is 32.4 Å². The van der Waals surface area contributed by atoms with E-state index >= 15 is 0 Å². The molecule has 0 aliphatic heterocycles. The maximum Gasteiger partial charge on any atom is 0.338 e. The van der Waals surface area contributed by atoms with Crippen molar-refractivity contribution >= 4 is 35.9 Å². The quantitative estimate of drug-likeness (QED) is 0.181. The molecule has 182 valence electrons.